The second kappa shape index (κ2) is 10.7. The van der Waals surface area contributed by atoms with Crippen LogP contribution in [-0.2, 0) is 16.1 Å². The number of furan rings is 1. The minimum absolute atomic E-state index is 0.215. The fraction of sp³-hybridized carbons (Fsp3) is 0.292. The number of anilines is 1. The van der Waals surface area contributed by atoms with E-state index in [4.69, 9.17) is 4.42 Å². The van der Waals surface area contributed by atoms with Gasteiger partial charge in [-0.25, -0.2) is 4.39 Å². The first-order valence-corrected chi connectivity index (χ1v) is 10.8. The summed E-state index contributed by atoms with van der Waals surface area (Å²) in [5, 5.41) is 5.31. The van der Waals surface area contributed by atoms with Gasteiger partial charge in [-0.2, -0.15) is 0 Å². The van der Waals surface area contributed by atoms with Gasteiger partial charge in [0.1, 0.15) is 11.6 Å². The summed E-state index contributed by atoms with van der Waals surface area (Å²) in [5.41, 5.74) is 1.39. The molecule has 0 saturated carbocycles. The minimum atomic E-state index is -0.708. The molecule has 1 aromatic carbocycles. The Bertz CT molecular complexity index is 1050. The molecule has 3 heterocycles. The van der Waals surface area contributed by atoms with Gasteiger partial charge in [0.15, 0.2) is 0 Å². The summed E-state index contributed by atoms with van der Waals surface area (Å²) in [7, 11) is 0. The lowest BCUT2D eigenvalue weighted by molar-refractivity contribution is -0.139. The molecule has 4 rings (SSSR count). The number of carbonyl (C=O) groups excluding carboxylic acids is 2. The number of hydrogen-bond acceptors (Lipinski definition) is 6. The summed E-state index contributed by atoms with van der Waals surface area (Å²) in [4.78, 5) is 32.7. The van der Waals surface area contributed by atoms with Crippen LogP contribution in [-0.4, -0.2) is 54.4 Å². The van der Waals surface area contributed by atoms with Crippen LogP contribution in [0.1, 0.15) is 17.4 Å². The summed E-state index contributed by atoms with van der Waals surface area (Å²) in [6.45, 7) is 3.02. The molecule has 8 nitrogen and oxygen atoms in total. The number of para-hydroxylation sites is 1. The second-order valence-corrected chi connectivity index (χ2v) is 7.76. The van der Waals surface area contributed by atoms with Crippen LogP contribution >= 0.6 is 0 Å². The number of rotatable bonds is 7. The molecule has 1 aliphatic heterocycles. The third-order valence-corrected chi connectivity index (χ3v) is 5.66. The van der Waals surface area contributed by atoms with Crippen molar-refractivity contribution < 1.29 is 18.4 Å². The highest BCUT2D eigenvalue weighted by atomic mass is 19.1. The quantitative estimate of drug-likeness (QED) is 0.535. The number of carbonyl (C=O) groups is 2. The molecule has 172 valence electrons. The Morgan fingerprint density at radius 1 is 1.00 bits per heavy atom. The van der Waals surface area contributed by atoms with Gasteiger partial charge in [-0.15, -0.1) is 0 Å². The normalized spacial score (nSPS) is 15.1. The summed E-state index contributed by atoms with van der Waals surface area (Å²) in [5.74, 6) is -0.953. The first kappa shape index (κ1) is 22.5. The first-order chi connectivity index (χ1) is 16.1. The Morgan fingerprint density at radius 2 is 1.79 bits per heavy atom. The smallest absolute Gasteiger partial charge is 0.309 e. The van der Waals surface area contributed by atoms with Gasteiger partial charge >= 0.3 is 11.8 Å². The monoisotopic (exact) mass is 451 g/mol. The van der Waals surface area contributed by atoms with Crippen molar-refractivity contribution >= 4 is 17.5 Å². The van der Waals surface area contributed by atoms with Crippen LogP contribution < -0.4 is 15.5 Å². The predicted octanol–water partition coefficient (Wildman–Crippen LogP) is 2.11. The Hall–Kier alpha value is -3.72. The Balaban J connectivity index is 1.33. The number of hydrogen-bond donors (Lipinski definition) is 2. The van der Waals surface area contributed by atoms with Crippen molar-refractivity contribution in [1.29, 1.82) is 0 Å². The van der Waals surface area contributed by atoms with Gasteiger partial charge in [0.05, 0.1) is 18.0 Å². The number of aromatic nitrogens is 1. The number of amides is 2. The van der Waals surface area contributed by atoms with Gasteiger partial charge in [-0.3, -0.25) is 19.5 Å². The van der Waals surface area contributed by atoms with Crippen molar-refractivity contribution in [1.82, 2.24) is 20.5 Å². The Morgan fingerprint density at radius 3 is 2.48 bits per heavy atom. The molecule has 33 heavy (non-hydrogen) atoms. The molecule has 1 saturated heterocycles. The standard InChI is InChI=1S/C24H26FN5O3/c25-19-6-1-2-7-20(19)29-10-12-30(13-11-29)21(22-8-4-14-33-22)17-28-24(32)23(31)27-16-18-5-3-9-26-15-18/h1-9,14-15,21H,10-13,16-17H2,(H,27,31)(H,28,32)/t21-/m0/s1. The molecule has 0 spiro atoms. The summed E-state index contributed by atoms with van der Waals surface area (Å²) in [6, 6.07) is 13.7. The summed E-state index contributed by atoms with van der Waals surface area (Å²) < 4.78 is 19.8. The third kappa shape index (κ3) is 5.75. The van der Waals surface area contributed by atoms with Gasteiger partial charge in [-0.1, -0.05) is 18.2 Å². The number of piperazine rings is 1. The highest BCUT2D eigenvalue weighted by molar-refractivity contribution is 6.35. The maximum absolute atomic E-state index is 14.2. The van der Waals surface area contributed by atoms with Crippen molar-refractivity contribution in [3.05, 3.63) is 84.3 Å². The van der Waals surface area contributed by atoms with E-state index in [0.29, 0.717) is 37.6 Å². The molecule has 2 N–H and O–H groups in total. The summed E-state index contributed by atoms with van der Waals surface area (Å²) in [6.07, 6.45) is 4.86. The number of halogens is 1. The fourth-order valence-electron chi connectivity index (χ4n) is 3.91. The van der Waals surface area contributed by atoms with Crippen LogP contribution in [0.3, 0.4) is 0 Å². The van der Waals surface area contributed by atoms with Gasteiger partial charge in [0, 0.05) is 51.7 Å². The van der Waals surface area contributed by atoms with Crippen LogP contribution in [0.25, 0.3) is 0 Å². The van der Waals surface area contributed by atoms with E-state index >= 15 is 0 Å². The Kier molecular flexibility index (Phi) is 7.31. The van der Waals surface area contributed by atoms with E-state index in [2.05, 4.69) is 20.5 Å². The van der Waals surface area contributed by atoms with Crippen LogP contribution in [0.2, 0.25) is 0 Å². The number of pyridine rings is 1. The molecule has 0 bridgehead atoms. The molecule has 1 atom stereocenters. The van der Waals surface area contributed by atoms with Crippen molar-refractivity contribution in [2.45, 2.75) is 12.6 Å². The van der Waals surface area contributed by atoms with E-state index in [1.807, 2.05) is 23.1 Å². The molecule has 2 amide bonds. The molecule has 1 aliphatic rings. The molecular formula is C24H26FN5O3. The minimum Gasteiger partial charge on any atom is -0.468 e. The van der Waals surface area contributed by atoms with Crippen molar-refractivity contribution in [3.8, 4) is 0 Å². The lowest BCUT2D eigenvalue weighted by Gasteiger charge is -2.39. The maximum atomic E-state index is 14.2. The zero-order valence-electron chi connectivity index (χ0n) is 18.1. The Labute approximate surface area is 191 Å². The van der Waals surface area contributed by atoms with Crippen molar-refractivity contribution in [2.24, 2.45) is 0 Å². The lowest BCUT2D eigenvalue weighted by Crippen LogP contribution is -2.51. The number of benzene rings is 1. The SMILES string of the molecule is O=C(NCc1cccnc1)C(=O)NC[C@@H](c1ccco1)N1CCN(c2ccccc2F)CC1. The molecule has 0 radical (unpaired) electrons. The van der Waals surface area contributed by atoms with Crippen LogP contribution in [0.4, 0.5) is 10.1 Å². The average molecular weight is 452 g/mol. The molecular weight excluding hydrogens is 425 g/mol. The van der Waals surface area contributed by atoms with E-state index in [1.54, 1.807) is 42.9 Å². The van der Waals surface area contributed by atoms with E-state index < -0.39 is 11.8 Å². The van der Waals surface area contributed by atoms with Crippen molar-refractivity contribution in [2.75, 3.05) is 37.6 Å². The predicted molar refractivity (Wildman–Crippen MR) is 121 cm³/mol. The summed E-state index contributed by atoms with van der Waals surface area (Å²) >= 11 is 0. The zero-order chi connectivity index (χ0) is 23.0. The van der Waals surface area contributed by atoms with Gasteiger partial charge in [-0.05, 0) is 35.9 Å². The van der Waals surface area contributed by atoms with Gasteiger partial charge < -0.3 is 20.0 Å². The lowest BCUT2D eigenvalue weighted by atomic mass is 10.1. The number of nitrogens with zero attached hydrogens (tertiary/aromatic N) is 3. The second-order valence-electron chi connectivity index (χ2n) is 7.76. The molecule has 2 aromatic heterocycles. The fourth-order valence-corrected chi connectivity index (χ4v) is 3.91. The molecule has 0 aliphatic carbocycles. The van der Waals surface area contributed by atoms with Crippen LogP contribution in [0.15, 0.2) is 71.6 Å². The van der Waals surface area contributed by atoms with E-state index in [9.17, 15) is 14.0 Å². The van der Waals surface area contributed by atoms with Gasteiger partial charge in [0.2, 0.25) is 0 Å². The highest BCUT2D eigenvalue weighted by Crippen LogP contribution is 2.25. The number of nitrogens with one attached hydrogen (secondary N) is 2. The van der Waals surface area contributed by atoms with Crippen LogP contribution in [0.5, 0.6) is 0 Å². The van der Waals surface area contributed by atoms with E-state index in [1.165, 1.54) is 6.07 Å². The third-order valence-electron chi connectivity index (χ3n) is 5.66. The van der Waals surface area contributed by atoms with E-state index in [-0.39, 0.29) is 24.9 Å². The first-order valence-electron chi connectivity index (χ1n) is 10.8. The zero-order valence-corrected chi connectivity index (χ0v) is 18.1. The maximum Gasteiger partial charge on any atom is 0.309 e. The van der Waals surface area contributed by atoms with Crippen LogP contribution in [0, 0.1) is 5.82 Å². The largest absolute Gasteiger partial charge is 0.468 e. The average Bonchev–Trinajstić information content (AvgIpc) is 3.39. The highest BCUT2D eigenvalue weighted by Gasteiger charge is 2.28. The van der Waals surface area contributed by atoms with Gasteiger partial charge in [0.25, 0.3) is 0 Å². The molecule has 9 heteroatoms. The molecule has 0 unspecified atom stereocenters. The molecule has 1 fully saturated rings. The topological polar surface area (TPSA) is 90.7 Å². The van der Waals surface area contributed by atoms with Crippen molar-refractivity contribution in [3.63, 3.8) is 0 Å². The van der Waals surface area contributed by atoms with E-state index in [0.717, 1.165) is 5.56 Å². The molecule has 3 aromatic rings.